The van der Waals surface area contributed by atoms with Crippen molar-refractivity contribution in [1.29, 1.82) is 0 Å². The van der Waals surface area contributed by atoms with Crippen LogP contribution >= 0.6 is 0 Å². The van der Waals surface area contributed by atoms with Crippen LogP contribution in [0.4, 0.5) is 0 Å². The summed E-state index contributed by atoms with van der Waals surface area (Å²) in [6, 6.07) is 9.26. The van der Waals surface area contributed by atoms with Crippen LogP contribution in [0.1, 0.15) is 24.5 Å². The van der Waals surface area contributed by atoms with E-state index < -0.39 is 11.2 Å². The number of hydrogen-bond acceptors (Lipinski definition) is 5. The van der Waals surface area contributed by atoms with Crippen LogP contribution in [0.5, 0.6) is 5.88 Å². The predicted molar refractivity (Wildman–Crippen MR) is 98.8 cm³/mol. The fraction of sp³-hybridized carbons (Fsp3) is 0.389. The van der Waals surface area contributed by atoms with Crippen LogP contribution in [0.25, 0.3) is 0 Å². The van der Waals surface area contributed by atoms with Crippen molar-refractivity contribution in [3.05, 3.63) is 62.3 Å². The number of H-pyrrole nitrogens is 1. The maximum absolute atomic E-state index is 12.1. The van der Waals surface area contributed by atoms with Gasteiger partial charge in [0.05, 0.1) is 6.54 Å². The molecular formula is C18H24N4O3. The molecule has 0 amide bonds. The molecule has 1 aromatic carbocycles. The van der Waals surface area contributed by atoms with Gasteiger partial charge in [-0.1, -0.05) is 30.3 Å². The minimum absolute atomic E-state index is 0.0420. The molecule has 2 N–H and O–H groups in total. The molecule has 1 aromatic heterocycles. The normalized spacial score (nSPS) is 11.9. The zero-order chi connectivity index (χ0) is 18.4. The molecule has 0 aliphatic heterocycles. The van der Waals surface area contributed by atoms with Gasteiger partial charge in [-0.25, -0.2) is 4.79 Å². The Morgan fingerprint density at radius 1 is 1.24 bits per heavy atom. The molecule has 0 fully saturated rings. The van der Waals surface area contributed by atoms with E-state index in [1.54, 1.807) is 6.92 Å². The van der Waals surface area contributed by atoms with Crippen LogP contribution in [-0.4, -0.2) is 52.5 Å². The summed E-state index contributed by atoms with van der Waals surface area (Å²) < 4.78 is 1.14. The topological polar surface area (TPSA) is 90.7 Å². The van der Waals surface area contributed by atoms with Gasteiger partial charge in [0.1, 0.15) is 5.56 Å². The Kier molecular flexibility index (Phi) is 6.30. The van der Waals surface area contributed by atoms with Crippen LogP contribution in [0.3, 0.4) is 0 Å². The molecule has 2 rings (SSSR count). The minimum Gasteiger partial charge on any atom is -0.494 e. The highest BCUT2D eigenvalue weighted by Gasteiger charge is 2.16. The van der Waals surface area contributed by atoms with Gasteiger partial charge in [0.2, 0.25) is 5.88 Å². The lowest BCUT2D eigenvalue weighted by Crippen LogP contribution is -2.34. The minimum atomic E-state index is -0.643. The molecule has 1 heterocycles. The lowest BCUT2D eigenvalue weighted by atomic mass is 10.2. The first-order valence-electron chi connectivity index (χ1n) is 8.16. The Labute approximate surface area is 146 Å². The van der Waals surface area contributed by atoms with Gasteiger partial charge in [0.15, 0.2) is 0 Å². The molecule has 0 aliphatic rings. The summed E-state index contributed by atoms with van der Waals surface area (Å²) in [5.41, 5.74) is 0.0364. The Bertz CT molecular complexity index is 851. The molecule has 7 nitrogen and oxygen atoms in total. The van der Waals surface area contributed by atoms with E-state index in [2.05, 4.69) is 14.9 Å². The van der Waals surface area contributed by atoms with Crippen LogP contribution in [0.15, 0.2) is 44.9 Å². The number of aromatic nitrogens is 2. The fourth-order valence-corrected chi connectivity index (χ4v) is 2.51. The Hall–Kier alpha value is -2.67. The van der Waals surface area contributed by atoms with E-state index in [1.807, 2.05) is 44.4 Å². The van der Waals surface area contributed by atoms with Crippen molar-refractivity contribution >= 4 is 5.71 Å². The third-order valence-corrected chi connectivity index (χ3v) is 3.83. The first-order chi connectivity index (χ1) is 11.9. The molecule has 25 heavy (non-hydrogen) atoms. The number of aliphatic imine (C=N–C) groups is 1. The molecule has 0 saturated heterocycles. The second kappa shape index (κ2) is 8.43. The second-order valence-corrected chi connectivity index (χ2v) is 6.15. The zero-order valence-electron chi connectivity index (χ0n) is 14.8. The molecule has 0 saturated carbocycles. The molecule has 0 radical (unpaired) electrons. The summed E-state index contributed by atoms with van der Waals surface area (Å²) in [4.78, 5) is 32.9. The van der Waals surface area contributed by atoms with Gasteiger partial charge in [0, 0.05) is 12.3 Å². The summed E-state index contributed by atoms with van der Waals surface area (Å²) in [6.07, 6.45) is 0.840. The lowest BCUT2D eigenvalue weighted by molar-refractivity contribution is 0.403. The van der Waals surface area contributed by atoms with E-state index in [-0.39, 0.29) is 18.0 Å². The average Bonchev–Trinajstić information content (AvgIpc) is 2.56. The molecule has 0 atom stereocenters. The number of nitrogens with zero attached hydrogens (tertiary/aromatic N) is 3. The van der Waals surface area contributed by atoms with Gasteiger partial charge in [-0.2, -0.15) is 0 Å². The Morgan fingerprint density at radius 3 is 2.56 bits per heavy atom. The number of rotatable bonds is 7. The molecule has 0 aliphatic carbocycles. The number of hydrogen-bond donors (Lipinski definition) is 2. The average molecular weight is 344 g/mol. The second-order valence-electron chi connectivity index (χ2n) is 6.15. The Balaban J connectivity index is 2.32. The van der Waals surface area contributed by atoms with Crippen LogP contribution in [-0.2, 0) is 6.54 Å². The number of aromatic amines is 1. The molecule has 2 aromatic rings. The highest BCUT2D eigenvalue weighted by atomic mass is 16.3. The van der Waals surface area contributed by atoms with Crippen molar-refractivity contribution in [2.24, 2.45) is 4.99 Å². The summed E-state index contributed by atoms with van der Waals surface area (Å²) >= 11 is 0. The van der Waals surface area contributed by atoms with E-state index in [1.165, 1.54) is 0 Å². The molecule has 0 unspecified atom stereocenters. The van der Waals surface area contributed by atoms with Crippen LogP contribution in [0, 0.1) is 0 Å². The monoisotopic (exact) mass is 344 g/mol. The van der Waals surface area contributed by atoms with Crippen molar-refractivity contribution in [3.63, 3.8) is 0 Å². The smallest absolute Gasteiger partial charge is 0.331 e. The van der Waals surface area contributed by atoms with Gasteiger partial charge >= 0.3 is 5.69 Å². The highest BCUT2D eigenvalue weighted by molar-refractivity contribution is 6.00. The largest absolute Gasteiger partial charge is 0.494 e. The van der Waals surface area contributed by atoms with Gasteiger partial charge in [0.25, 0.3) is 5.56 Å². The number of aromatic hydroxyl groups is 1. The van der Waals surface area contributed by atoms with Crippen LogP contribution in [0.2, 0.25) is 0 Å². The van der Waals surface area contributed by atoms with E-state index in [0.29, 0.717) is 12.3 Å². The summed E-state index contributed by atoms with van der Waals surface area (Å²) in [6.45, 7) is 3.26. The number of nitrogens with one attached hydrogen (secondary N) is 1. The third-order valence-electron chi connectivity index (χ3n) is 3.83. The quantitative estimate of drug-likeness (QED) is 0.580. The molecule has 134 valence electrons. The van der Waals surface area contributed by atoms with E-state index >= 15 is 0 Å². The SMILES string of the molecule is CC(=NCCCN(C)C)c1c(O)n(Cc2ccccc2)c(=O)[nH]c1=O. The van der Waals surface area contributed by atoms with Crippen molar-refractivity contribution in [2.75, 3.05) is 27.2 Å². The van der Waals surface area contributed by atoms with E-state index in [9.17, 15) is 14.7 Å². The maximum Gasteiger partial charge on any atom is 0.331 e. The lowest BCUT2D eigenvalue weighted by Gasteiger charge is -2.12. The van der Waals surface area contributed by atoms with Crippen LogP contribution < -0.4 is 11.2 Å². The molecule has 0 bridgehead atoms. The fourth-order valence-electron chi connectivity index (χ4n) is 2.51. The van der Waals surface area contributed by atoms with E-state index in [4.69, 9.17) is 0 Å². The molecule has 0 spiro atoms. The van der Waals surface area contributed by atoms with Crippen molar-refractivity contribution in [2.45, 2.75) is 19.9 Å². The van der Waals surface area contributed by atoms with Gasteiger partial charge in [-0.3, -0.25) is 19.3 Å². The summed E-state index contributed by atoms with van der Waals surface area (Å²) in [5.74, 6) is -0.355. The standard InChI is InChI=1S/C18H24N4O3/c1-13(19-10-7-11-21(2)3)15-16(23)20-18(25)22(17(15)24)12-14-8-5-4-6-9-14/h4-6,8-9,24H,7,10-12H2,1-3H3,(H,20,23,25). The Morgan fingerprint density at radius 2 is 1.92 bits per heavy atom. The summed E-state index contributed by atoms with van der Waals surface area (Å²) in [5, 5.41) is 10.5. The van der Waals surface area contributed by atoms with Crippen molar-refractivity contribution in [1.82, 2.24) is 14.5 Å². The maximum atomic E-state index is 12.1. The van der Waals surface area contributed by atoms with Gasteiger partial charge in [-0.05, 0) is 39.5 Å². The predicted octanol–water partition coefficient (Wildman–Crippen LogP) is 1.05. The molecule has 7 heteroatoms. The van der Waals surface area contributed by atoms with Gasteiger partial charge in [-0.15, -0.1) is 0 Å². The first kappa shape index (κ1) is 18.7. The highest BCUT2D eigenvalue weighted by Crippen LogP contribution is 2.13. The molecular weight excluding hydrogens is 320 g/mol. The van der Waals surface area contributed by atoms with E-state index in [0.717, 1.165) is 23.1 Å². The van der Waals surface area contributed by atoms with Crippen molar-refractivity contribution < 1.29 is 5.11 Å². The summed E-state index contributed by atoms with van der Waals surface area (Å²) in [7, 11) is 3.96. The van der Waals surface area contributed by atoms with Crippen molar-refractivity contribution in [3.8, 4) is 5.88 Å². The number of benzene rings is 1. The zero-order valence-corrected chi connectivity index (χ0v) is 14.8. The van der Waals surface area contributed by atoms with Gasteiger partial charge < -0.3 is 10.0 Å². The first-order valence-corrected chi connectivity index (χ1v) is 8.16. The third kappa shape index (κ3) is 4.90.